The number of carbonyl (C=O) groups is 1. The number of hydrogen-bond donors (Lipinski definition) is 2. The number of ether oxygens (including phenoxy) is 1. The van der Waals surface area contributed by atoms with Crippen LogP contribution in [-0.2, 0) is 4.79 Å². The fourth-order valence-corrected chi connectivity index (χ4v) is 2.06. The summed E-state index contributed by atoms with van der Waals surface area (Å²) in [6.07, 6.45) is 3.65. The molecule has 0 saturated carbocycles. The molecule has 136 valence electrons. The van der Waals surface area contributed by atoms with E-state index < -0.39 is 11.2 Å². The minimum absolute atomic E-state index is 0.486. The first-order valence-electron chi connectivity index (χ1n) is 8.09. The fourth-order valence-electron chi connectivity index (χ4n) is 2.06. The van der Waals surface area contributed by atoms with Crippen molar-refractivity contribution in [3.63, 3.8) is 0 Å². The predicted molar refractivity (Wildman–Crippen MR) is 103 cm³/mol. The molecule has 0 aliphatic heterocycles. The molecule has 1 unspecified atom stereocenters. The lowest BCUT2D eigenvalue weighted by atomic mass is 10.1. The van der Waals surface area contributed by atoms with Crippen molar-refractivity contribution < 1.29 is 19.1 Å². The fraction of sp³-hybridized carbons (Fsp3) is 0.200. The van der Waals surface area contributed by atoms with Crippen LogP contribution in [0.25, 0.3) is 11.3 Å². The van der Waals surface area contributed by atoms with Gasteiger partial charge in [0.15, 0.2) is 6.39 Å². The van der Waals surface area contributed by atoms with E-state index in [1.807, 2.05) is 36.4 Å². The molecule has 1 N–H and O–H groups in total. The number of aromatic nitrogens is 1. The lowest BCUT2D eigenvalue weighted by Gasteiger charge is -2.08. The molecule has 0 saturated heterocycles. The molecule has 6 heteroatoms. The number of oxazole rings is 1. The Morgan fingerprint density at radius 3 is 2.31 bits per heavy atom. The van der Waals surface area contributed by atoms with Gasteiger partial charge < -0.3 is 14.3 Å². The highest BCUT2D eigenvalue weighted by Gasteiger charge is 2.06. The average molecular weight is 371 g/mol. The molecular weight excluding hydrogens is 350 g/mol. The summed E-state index contributed by atoms with van der Waals surface area (Å²) >= 11 is 3.73. The molecule has 2 aromatic rings. The van der Waals surface area contributed by atoms with E-state index in [0.717, 1.165) is 17.0 Å². The topological polar surface area (TPSA) is 72.6 Å². The second kappa shape index (κ2) is 9.68. The molecule has 0 fully saturated rings. The second-order valence-electron chi connectivity index (χ2n) is 5.42. The lowest BCUT2D eigenvalue weighted by Crippen LogP contribution is -2.10. The third kappa shape index (κ3) is 5.13. The maximum absolute atomic E-state index is 9.85. The van der Waals surface area contributed by atoms with Crippen LogP contribution in [0, 0.1) is 10.4 Å². The molecule has 26 heavy (non-hydrogen) atoms. The standard InChI is InChI=1S/C9H7NO.C7H6O.C4H8O2S/c1-2-4-8(5-3-1)9-6-11-7-10-9;1-8-7-4-5-2-3-6(5)7;1-2-3(7)4(5)6/h1-7H;2-4H,1H3;3,7H,2H2,1H3,(H,5,6). The summed E-state index contributed by atoms with van der Waals surface area (Å²) in [5.74, 6) is 0.188. The summed E-state index contributed by atoms with van der Waals surface area (Å²) in [7, 11) is 1.70. The molecule has 1 aromatic carbocycles. The molecule has 4 rings (SSSR count). The summed E-state index contributed by atoms with van der Waals surface area (Å²) in [4.78, 5) is 13.9. The Morgan fingerprint density at radius 2 is 2.00 bits per heavy atom. The molecule has 0 spiro atoms. The molecule has 5 nitrogen and oxygen atoms in total. The molecule has 0 amide bonds. The number of rotatable bonds is 4. The Balaban J connectivity index is 0.000000145. The highest BCUT2D eigenvalue weighted by atomic mass is 32.1. The summed E-state index contributed by atoms with van der Waals surface area (Å²) in [6.45, 7) is 1.78. The van der Waals surface area contributed by atoms with Crippen molar-refractivity contribution in [1.82, 2.24) is 4.98 Å². The van der Waals surface area contributed by atoms with Gasteiger partial charge >= 0.3 is 5.97 Å². The van der Waals surface area contributed by atoms with E-state index in [9.17, 15) is 4.79 Å². The molecule has 0 radical (unpaired) electrons. The summed E-state index contributed by atoms with van der Waals surface area (Å²) < 4.78 is 9.83. The van der Waals surface area contributed by atoms with Crippen LogP contribution >= 0.6 is 12.6 Å². The van der Waals surface area contributed by atoms with Gasteiger partial charge in [-0.25, -0.2) is 4.98 Å². The number of benzene rings is 2. The first-order chi connectivity index (χ1) is 12.6. The van der Waals surface area contributed by atoms with Crippen molar-refractivity contribution in [1.29, 1.82) is 0 Å². The SMILES string of the molecule is CCC(S)C(=O)O.COc1cc2ccc1=2.c1ccc(-c2cocn2)cc1. The van der Waals surface area contributed by atoms with E-state index in [-0.39, 0.29) is 0 Å². The van der Waals surface area contributed by atoms with Gasteiger partial charge in [0, 0.05) is 10.8 Å². The third-order valence-electron chi connectivity index (χ3n) is 3.69. The molecule has 2 aliphatic carbocycles. The molecule has 0 bridgehead atoms. The van der Waals surface area contributed by atoms with Gasteiger partial charge in [-0.15, -0.1) is 0 Å². The molecule has 1 aromatic heterocycles. The van der Waals surface area contributed by atoms with Crippen LogP contribution in [0.15, 0.2) is 65.6 Å². The highest BCUT2D eigenvalue weighted by Crippen LogP contribution is 2.22. The average Bonchev–Trinajstić information content (AvgIpc) is 3.19. The van der Waals surface area contributed by atoms with Crippen LogP contribution < -0.4 is 4.74 Å². The van der Waals surface area contributed by atoms with Gasteiger partial charge in [0.1, 0.15) is 17.7 Å². The largest absolute Gasteiger partial charge is 0.496 e. The van der Waals surface area contributed by atoms with Crippen molar-refractivity contribution in [2.75, 3.05) is 7.11 Å². The lowest BCUT2D eigenvalue weighted by molar-refractivity contribution is -0.136. The zero-order valence-corrected chi connectivity index (χ0v) is 15.5. The Morgan fingerprint density at radius 1 is 1.27 bits per heavy atom. The van der Waals surface area contributed by atoms with Crippen LogP contribution in [0.1, 0.15) is 13.3 Å². The van der Waals surface area contributed by atoms with Crippen molar-refractivity contribution >= 4 is 18.6 Å². The van der Waals surface area contributed by atoms with E-state index in [1.54, 1.807) is 20.3 Å². The Kier molecular flexibility index (Phi) is 7.29. The van der Waals surface area contributed by atoms with Crippen LogP contribution in [0.5, 0.6) is 5.75 Å². The van der Waals surface area contributed by atoms with Crippen molar-refractivity contribution in [3.8, 4) is 17.0 Å². The molecule has 1 heterocycles. The van der Waals surface area contributed by atoms with Crippen molar-refractivity contribution in [2.45, 2.75) is 18.6 Å². The number of nitrogens with zero attached hydrogens (tertiary/aromatic N) is 1. The smallest absolute Gasteiger partial charge is 0.316 e. The number of carboxylic acid groups (broad SMARTS) is 1. The number of carboxylic acids is 1. The predicted octanol–water partition coefficient (Wildman–Crippen LogP) is 4.42. The normalized spacial score (nSPS) is 11.2. The van der Waals surface area contributed by atoms with Crippen LogP contribution in [-0.4, -0.2) is 28.4 Å². The molecule has 2 aliphatic rings. The summed E-state index contributed by atoms with van der Waals surface area (Å²) in [6, 6.07) is 16.1. The van der Waals surface area contributed by atoms with E-state index in [0.29, 0.717) is 6.42 Å². The van der Waals surface area contributed by atoms with Gasteiger partial charge in [0.2, 0.25) is 0 Å². The van der Waals surface area contributed by atoms with Crippen molar-refractivity contribution in [2.24, 2.45) is 0 Å². The van der Waals surface area contributed by atoms with Crippen molar-refractivity contribution in [3.05, 3.63) is 71.6 Å². The van der Waals surface area contributed by atoms with E-state index in [1.165, 1.54) is 16.8 Å². The minimum atomic E-state index is -0.842. The molecule has 1 atom stereocenters. The van der Waals surface area contributed by atoms with Gasteiger partial charge in [-0.3, -0.25) is 4.79 Å². The Hall–Kier alpha value is -2.73. The summed E-state index contributed by atoms with van der Waals surface area (Å²) in [5.41, 5.74) is 1.96. The zero-order valence-electron chi connectivity index (χ0n) is 14.6. The van der Waals surface area contributed by atoms with Gasteiger partial charge in [0.05, 0.1) is 12.4 Å². The number of aliphatic carboxylic acids is 1. The zero-order chi connectivity index (χ0) is 18.9. The summed E-state index contributed by atoms with van der Waals surface area (Å²) in [5, 5.41) is 10.2. The number of hydrogen-bond acceptors (Lipinski definition) is 5. The Bertz CT molecular complexity index is 911. The monoisotopic (exact) mass is 371 g/mol. The quantitative estimate of drug-likeness (QED) is 0.520. The first kappa shape index (κ1) is 19.6. The Labute approximate surface area is 157 Å². The molecular formula is C20H21NO4S. The van der Waals surface area contributed by atoms with E-state index in [2.05, 4.69) is 29.7 Å². The van der Waals surface area contributed by atoms with Crippen LogP contribution in [0.3, 0.4) is 0 Å². The number of thiol groups is 1. The highest BCUT2D eigenvalue weighted by molar-refractivity contribution is 7.81. The second-order valence-corrected chi connectivity index (χ2v) is 6.04. The minimum Gasteiger partial charge on any atom is -0.496 e. The third-order valence-corrected chi connectivity index (χ3v) is 4.27. The van der Waals surface area contributed by atoms with E-state index >= 15 is 0 Å². The maximum Gasteiger partial charge on any atom is 0.316 e. The maximum atomic E-state index is 9.85. The van der Waals surface area contributed by atoms with Crippen LogP contribution in [0.2, 0.25) is 0 Å². The van der Waals surface area contributed by atoms with Gasteiger partial charge in [0.25, 0.3) is 0 Å². The van der Waals surface area contributed by atoms with Crippen LogP contribution in [0.4, 0.5) is 0 Å². The van der Waals surface area contributed by atoms with Gasteiger partial charge in [-0.1, -0.05) is 49.4 Å². The van der Waals surface area contributed by atoms with Gasteiger partial charge in [-0.05, 0) is 17.7 Å². The van der Waals surface area contributed by atoms with Gasteiger partial charge in [-0.2, -0.15) is 12.6 Å². The first-order valence-corrected chi connectivity index (χ1v) is 8.61. The van der Waals surface area contributed by atoms with E-state index in [4.69, 9.17) is 14.3 Å². The number of methoxy groups -OCH3 is 1.